The van der Waals surface area contributed by atoms with E-state index >= 15 is 0 Å². The Morgan fingerprint density at radius 3 is 2.75 bits per heavy atom. The third-order valence-electron chi connectivity index (χ3n) is 2.60. The summed E-state index contributed by atoms with van der Waals surface area (Å²) in [4.78, 5) is 4.06. The molecule has 6 heteroatoms. The van der Waals surface area contributed by atoms with Gasteiger partial charge in [-0.05, 0) is 48.5 Å². The molecule has 0 radical (unpaired) electrons. The first-order chi connectivity index (χ1) is 9.65. The maximum atomic E-state index is 5.94. The highest BCUT2D eigenvalue weighted by Gasteiger charge is 2.01. The van der Waals surface area contributed by atoms with E-state index in [1.807, 2.05) is 24.4 Å². The number of aromatic nitrogens is 1. The third kappa shape index (κ3) is 4.63. The summed E-state index contributed by atoms with van der Waals surface area (Å²) in [6.07, 6.45) is 4.46. The minimum atomic E-state index is 0.495. The summed E-state index contributed by atoms with van der Waals surface area (Å²) in [6.45, 7) is 0.735. The summed E-state index contributed by atoms with van der Waals surface area (Å²) in [5.41, 5.74) is 1.97. The van der Waals surface area contributed by atoms with E-state index in [-0.39, 0.29) is 0 Å². The van der Waals surface area contributed by atoms with Crippen LogP contribution in [-0.4, -0.2) is 16.6 Å². The summed E-state index contributed by atoms with van der Waals surface area (Å²) in [5, 5.41) is 7.75. The number of pyridine rings is 1. The Kier molecular flexibility index (Phi) is 5.59. The van der Waals surface area contributed by atoms with Crippen LogP contribution in [0.15, 0.2) is 42.7 Å². The van der Waals surface area contributed by atoms with Crippen LogP contribution in [0.1, 0.15) is 5.56 Å². The Labute approximate surface area is 133 Å². The van der Waals surface area contributed by atoms with Crippen molar-refractivity contribution in [3.8, 4) is 0 Å². The molecule has 3 nitrogen and oxygen atoms in total. The van der Waals surface area contributed by atoms with E-state index in [1.165, 1.54) is 0 Å². The second kappa shape index (κ2) is 7.43. The monoisotopic (exact) mass is 325 g/mol. The lowest BCUT2D eigenvalue weighted by atomic mass is 10.2. The van der Waals surface area contributed by atoms with Crippen LogP contribution < -0.4 is 10.6 Å². The van der Waals surface area contributed by atoms with Gasteiger partial charge in [-0.3, -0.25) is 4.98 Å². The summed E-state index contributed by atoms with van der Waals surface area (Å²) in [5.74, 6) is 0. The molecule has 0 atom stereocenters. The van der Waals surface area contributed by atoms with Gasteiger partial charge in [0.15, 0.2) is 5.11 Å². The Balaban J connectivity index is 1.79. The van der Waals surface area contributed by atoms with Crippen molar-refractivity contribution in [2.45, 2.75) is 6.42 Å². The number of thiocarbonyl (C=S) groups is 1. The minimum Gasteiger partial charge on any atom is -0.362 e. The molecule has 0 bridgehead atoms. The molecule has 0 spiro atoms. The molecule has 0 saturated heterocycles. The van der Waals surface area contributed by atoms with Gasteiger partial charge in [0.1, 0.15) is 0 Å². The molecule has 0 saturated carbocycles. The lowest BCUT2D eigenvalue weighted by molar-refractivity contribution is 0.868. The number of hydrogen-bond acceptors (Lipinski definition) is 2. The molecule has 2 N–H and O–H groups in total. The summed E-state index contributed by atoms with van der Waals surface area (Å²) in [7, 11) is 0. The first-order valence-electron chi connectivity index (χ1n) is 6.04. The van der Waals surface area contributed by atoms with E-state index < -0.39 is 0 Å². The summed E-state index contributed by atoms with van der Waals surface area (Å²) < 4.78 is 0. The van der Waals surface area contributed by atoms with Crippen molar-refractivity contribution in [1.82, 2.24) is 10.3 Å². The predicted molar refractivity (Wildman–Crippen MR) is 88.6 cm³/mol. The number of benzene rings is 1. The average Bonchev–Trinajstić information content (AvgIpc) is 2.44. The average molecular weight is 326 g/mol. The van der Waals surface area contributed by atoms with Crippen molar-refractivity contribution in [2.24, 2.45) is 0 Å². The van der Waals surface area contributed by atoms with Crippen LogP contribution in [0.3, 0.4) is 0 Å². The smallest absolute Gasteiger partial charge is 0.170 e. The van der Waals surface area contributed by atoms with E-state index in [1.54, 1.807) is 18.3 Å². The number of hydrogen-bond donors (Lipinski definition) is 2. The molecular formula is C14H13Cl2N3S. The van der Waals surface area contributed by atoms with Gasteiger partial charge in [0, 0.05) is 24.6 Å². The Morgan fingerprint density at radius 2 is 2.05 bits per heavy atom. The number of nitrogens with zero attached hydrogens (tertiary/aromatic N) is 1. The fraction of sp³-hybridized carbons (Fsp3) is 0.143. The molecule has 20 heavy (non-hydrogen) atoms. The highest BCUT2D eigenvalue weighted by atomic mass is 35.5. The van der Waals surface area contributed by atoms with Gasteiger partial charge in [-0.2, -0.15) is 0 Å². The Hall–Kier alpha value is -1.36. The van der Waals surface area contributed by atoms with E-state index in [4.69, 9.17) is 35.4 Å². The molecular weight excluding hydrogens is 313 g/mol. The number of rotatable bonds is 4. The van der Waals surface area contributed by atoms with Crippen LogP contribution in [0.4, 0.5) is 5.69 Å². The second-order valence-corrected chi connectivity index (χ2v) is 5.34. The fourth-order valence-electron chi connectivity index (χ4n) is 1.62. The van der Waals surface area contributed by atoms with Gasteiger partial charge in [0.2, 0.25) is 0 Å². The maximum Gasteiger partial charge on any atom is 0.170 e. The largest absolute Gasteiger partial charge is 0.362 e. The zero-order valence-electron chi connectivity index (χ0n) is 10.6. The molecule has 0 unspecified atom stereocenters. The van der Waals surface area contributed by atoms with Crippen molar-refractivity contribution >= 4 is 46.2 Å². The van der Waals surface area contributed by atoms with Gasteiger partial charge in [-0.25, -0.2) is 0 Å². The lowest BCUT2D eigenvalue weighted by Crippen LogP contribution is -2.30. The van der Waals surface area contributed by atoms with Gasteiger partial charge in [-0.1, -0.05) is 29.3 Å². The van der Waals surface area contributed by atoms with Gasteiger partial charge in [0.05, 0.1) is 10.0 Å². The number of halogens is 2. The summed E-state index contributed by atoms with van der Waals surface area (Å²) >= 11 is 17.0. The molecule has 1 aromatic carbocycles. The molecule has 2 rings (SSSR count). The quantitative estimate of drug-likeness (QED) is 0.835. The first-order valence-corrected chi connectivity index (χ1v) is 7.20. The number of nitrogens with one attached hydrogen (secondary N) is 2. The highest BCUT2D eigenvalue weighted by molar-refractivity contribution is 7.80. The van der Waals surface area contributed by atoms with Crippen molar-refractivity contribution in [1.29, 1.82) is 0 Å². The normalized spacial score (nSPS) is 10.1. The standard InChI is InChI=1S/C14H13Cl2N3S/c15-12-4-3-11(8-13(12)16)19-14(20)18-7-5-10-2-1-6-17-9-10/h1-4,6,8-9H,5,7H2,(H2,18,19,20). The minimum absolute atomic E-state index is 0.495. The molecule has 1 aromatic heterocycles. The molecule has 0 fully saturated rings. The van der Waals surface area contributed by atoms with Crippen molar-refractivity contribution in [3.05, 3.63) is 58.3 Å². The second-order valence-electron chi connectivity index (χ2n) is 4.12. The molecule has 2 aromatic rings. The van der Waals surface area contributed by atoms with Crippen LogP contribution in [0.2, 0.25) is 10.0 Å². The van der Waals surface area contributed by atoms with E-state index in [0.717, 1.165) is 24.2 Å². The SMILES string of the molecule is S=C(NCCc1cccnc1)Nc1ccc(Cl)c(Cl)c1. The first kappa shape index (κ1) is 15.0. The maximum absolute atomic E-state index is 5.94. The van der Waals surface area contributed by atoms with Gasteiger partial charge in [0.25, 0.3) is 0 Å². The van der Waals surface area contributed by atoms with Crippen molar-refractivity contribution < 1.29 is 0 Å². The topological polar surface area (TPSA) is 37.0 Å². The molecule has 1 heterocycles. The van der Waals surface area contributed by atoms with Crippen molar-refractivity contribution in [2.75, 3.05) is 11.9 Å². The van der Waals surface area contributed by atoms with E-state index in [2.05, 4.69) is 15.6 Å². The molecule has 0 aliphatic carbocycles. The zero-order chi connectivity index (χ0) is 14.4. The number of anilines is 1. The van der Waals surface area contributed by atoms with Gasteiger partial charge < -0.3 is 10.6 Å². The molecule has 104 valence electrons. The Morgan fingerprint density at radius 1 is 1.20 bits per heavy atom. The lowest BCUT2D eigenvalue weighted by Gasteiger charge is -2.11. The van der Waals surface area contributed by atoms with Gasteiger partial charge in [-0.15, -0.1) is 0 Å². The van der Waals surface area contributed by atoms with Crippen LogP contribution in [0.25, 0.3) is 0 Å². The fourth-order valence-corrected chi connectivity index (χ4v) is 2.13. The van der Waals surface area contributed by atoms with Crippen LogP contribution >= 0.6 is 35.4 Å². The Bertz CT molecular complexity index is 590. The molecule has 0 aliphatic rings. The van der Waals surface area contributed by atoms with Crippen molar-refractivity contribution in [3.63, 3.8) is 0 Å². The molecule has 0 amide bonds. The highest BCUT2D eigenvalue weighted by Crippen LogP contribution is 2.24. The van der Waals surface area contributed by atoms with E-state index in [9.17, 15) is 0 Å². The zero-order valence-corrected chi connectivity index (χ0v) is 12.9. The van der Waals surface area contributed by atoms with Crippen LogP contribution in [0, 0.1) is 0 Å². The predicted octanol–water partition coefficient (Wildman–Crippen LogP) is 3.92. The van der Waals surface area contributed by atoms with Gasteiger partial charge >= 0.3 is 0 Å². The van der Waals surface area contributed by atoms with Crippen LogP contribution in [-0.2, 0) is 6.42 Å². The van der Waals surface area contributed by atoms with E-state index in [0.29, 0.717) is 15.2 Å². The summed E-state index contributed by atoms with van der Waals surface area (Å²) in [6, 6.07) is 9.23. The van der Waals surface area contributed by atoms with Crippen LogP contribution in [0.5, 0.6) is 0 Å². The third-order valence-corrected chi connectivity index (χ3v) is 3.58. The molecule has 0 aliphatic heterocycles.